The van der Waals surface area contributed by atoms with Gasteiger partial charge >= 0.3 is 18.1 Å². The number of hydrogen-bond donors (Lipinski definition) is 2. The minimum Gasteiger partial charge on any atom is -0.480 e. The van der Waals surface area contributed by atoms with Gasteiger partial charge in [0.2, 0.25) is 0 Å². The van der Waals surface area contributed by atoms with Crippen LogP contribution in [0.5, 0.6) is 0 Å². The van der Waals surface area contributed by atoms with Crippen LogP contribution in [0.2, 0.25) is 0 Å². The Bertz CT molecular complexity index is 342. The van der Waals surface area contributed by atoms with Crippen LogP contribution >= 0.6 is 0 Å². The number of carboxylic acids is 1. The van der Waals surface area contributed by atoms with E-state index in [4.69, 9.17) is 10.2 Å². The van der Waals surface area contributed by atoms with Gasteiger partial charge in [-0.1, -0.05) is 0 Å². The van der Waals surface area contributed by atoms with Crippen LogP contribution in [0, 0.1) is 0 Å². The van der Waals surface area contributed by atoms with Crippen LogP contribution in [-0.4, -0.2) is 56.7 Å². The van der Waals surface area contributed by atoms with Gasteiger partial charge in [0.1, 0.15) is 6.04 Å². The maximum Gasteiger partial charge on any atom is 0.415 e. The zero-order valence-corrected chi connectivity index (χ0v) is 7.79. The largest absolute Gasteiger partial charge is 0.480 e. The third kappa shape index (κ3) is 1.31. The highest BCUT2D eigenvalue weighted by atomic mass is 16.4. The lowest BCUT2D eigenvalue weighted by Crippen LogP contribution is -2.45. The third-order valence-electron chi connectivity index (χ3n) is 2.87. The maximum absolute atomic E-state index is 11.6. The summed E-state index contributed by atoms with van der Waals surface area (Å²) in [5.74, 6) is -1.07. The molecule has 15 heavy (non-hydrogen) atoms. The van der Waals surface area contributed by atoms with E-state index in [1.165, 1.54) is 0 Å². The van der Waals surface area contributed by atoms with E-state index in [1.807, 2.05) is 0 Å². The van der Waals surface area contributed by atoms with Gasteiger partial charge < -0.3 is 15.1 Å². The number of amides is 3. The lowest BCUT2D eigenvalue weighted by molar-refractivity contribution is -0.142. The minimum atomic E-state index is -1.31. The molecular weight excluding hydrogens is 204 g/mol. The number of rotatable bonds is 1. The Balaban J connectivity index is 2.25. The number of carboxylic acid groups (broad SMARTS) is 2. The molecule has 7 nitrogen and oxygen atoms in total. The Hall–Kier alpha value is -1.79. The summed E-state index contributed by atoms with van der Waals surface area (Å²) in [4.78, 5) is 35.0. The number of urea groups is 1. The molecule has 2 atom stereocenters. The van der Waals surface area contributed by atoms with E-state index in [0.717, 1.165) is 9.80 Å². The van der Waals surface area contributed by atoms with Crippen LogP contribution < -0.4 is 0 Å². The van der Waals surface area contributed by atoms with Crippen molar-refractivity contribution in [3.05, 3.63) is 0 Å². The fourth-order valence-electron chi connectivity index (χ4n) is 2.16. The van der Waals surface area contributed by atoms with Crippen molar-refractivity contribution in [2.75, 3.05) is 6.54 Å². The summed E-state index contributed by atoms with van der Waals surface area (Å²) >= 11 is 0. The van der Waals surface area contributed by atoms with Gasteiger partial charge in [0.25, 0.3) is 0 Å². The van der Waals surface area contributed by atoms with Crippen LogP contribution in [0.25, 0.3) is 0 Å². The van der Waals surface area contributed by atoms with Crippen molar-refractivity contribution in [1.29, 1.82) is 0 Å². The molecule has 0 radical (unpaired) electrons. The third-order valence-corrected chi connectivity index (χ3v) is 2.87. The predicted molar refractivity (Wildman–Crippen MR) is 46.4 cm³/mol. The highest BCUT2D eigenvalue weighted by molar-refractivity contribution is 5.95. The molecule has 2 heterocycles. The maximum atomic E-state index is 11.6. The summed E-state index contributed by atoms with van der Waals surface area (Å²) in [6.45, 7) is 0.197. The molecule has 2 aliphatic heterocycles. The van der Waals surface area contributed by atoms with Gasteiger partial charge in [0.05, 0.1) is 6.04 Å². The number of aliphatic carboxylic acids is 1. The molecule has 7 heteroatoms. The second-order valence-corrected chi connectivity index (χ2v) is 3.67. The first-order valence-corrected chi connectivity index (χ1v) is 4.58. The normalized spacial score (nSPS) is 29.5. The van der Waals surface area contributed by atoms with E-state index in [9.17, 15) is 14.4 Å². The predicted octanol–water partition coefficient (Wildman–Crippen LogP) is 0.0176. The molecule has 0 spiro atoms. The monoisotopic (exact) mass is 214 g/mol. The SMILES string of the molecule is O=C(O)[C@H]1CC[C@H]2CN1C(=O)N2C(=O)O. The van der Waals surface area contributed by atoms with Gasteiger partial charge in [-0.25, -0.2) is 19.3 Å². The number of hydrogen-bond acceptors (Lipinski definition) is 3. The molecule has 2 N–H and O–H groups in total. The first kappa shape index (κ1) is 9.75. The zero-order chi connectivity index (χ0) is 11.2. The van der Waals surface area contributed by atoms with Crippen LogP contribution in [-0.2, 0) is 4.79 Å². The Kier molecular flexibility index (Phi) is 2.02. The van der Waals surface area contributed by atoms with Crippen molar-refractivity contribution in [2.24, 2.45) is 0 Å². The molecule has 2 saturated heterocycles. The average molecular weight is 214 g/mol. The summed E-state index contributed by atoms with van der Waals surface area (Å²) in [6, 6.07) is -1.97. The molecule has 0 aromatic rings. The molecule has 0 aliphatic carbocycles. The Morgan fingerprint density at radius 3 is 2.47 bits per heavy atom. The van der Waals surface area contributed by atoms with Crippen molar-refractivity contribution < 1.29 is 24.6 Å². The molecule has 0 unspecified atom stereocenters. The number of nitrogens with zero attached hydrogens (tertiary/aromatic N) is 2. The summed E-state index contributed by atoms with van der Waals surface area (Å²) < 4.78 is 0. The van der Waals surface area contributed by atoms with E-state index >= 15 is 0 Å². The Labute approximate surface area is 84.9 Å². The van der Waals surface area contributed by atoms with E-state index in [-0.39, 0.29) is 12.6 Å². The molecule has 2 rings (SSSR count). The van der Waals surface area contributed by atoms with Crippen LogP contribution in [0.15, 0.2) is 0 Å². The van der Waals surface area contributed by atoms with Crippen molar-refractivity contribution in [3.63, 3.8) is 0 Å². The highest BCUT2D eigenvalue weighted by Crippen LogP contribution is 2.29. The van der Waals surface area contributed by atoms with Gasteiger partial charge in [-0.15, -0.1) is 0 Å². The van der Waals surface area contributed by atoms with Crippen LogP contribution in [0.3, 0.4) is 0 Å². The number of piperidine rings is 1. The van der Waals surface area contributed by atoms with Crippen molar-refractivity contribution in [1.82, 2.24) is 9.80 Å². The molecule has 2 aliphatic rings. The quantitative estimate of drug-likeness (QED) is 0.641. The fraction of sp³-hybridized carbons (Fsp3) is 0.625. The molecule has 0 saturated carbocycles. The molecule has 2 bridgehead atoms. The summed E-state index contributed by atoms with van der Waals surface area (Å²) in [5.41, 5.74) is 0. The van der Waals surface area contributed by atoms with E-state index in [2.05, 4.69) is 0 Å². The molecular formula is C8H10N2O5. The van der Waals surface area contributed by atoms with Gasteiger partial charge in [-0.05, 0) is 12.8 Å². The Morgan fingerprint density at radius 1 is 1.27 bits per heavy atom. The molecule has 2 fully saturated rings. The number of carbonyl (C=O) groups is 3. The first-order chi connectivity index (χ1) is 7.02. The van der Waals surface area contributed by atoms with Gasteiger partial charge in [0.15, 0.2) is 0 Å². The highest BCUT2D eigenvalue weighted by Gasteiger charge is 2.49. The fourth-order valence-corrected chi connectivity index (χ4v) is 2.16. The average Bonchev–Trinajstić information content (AvgIpc) is 2.39. The standard InChI is InChI=1S/C8H10N2O5/c11-6(12)5-2-1-4-3-9(5)7(13)10(4)8(14)15/h4-5H,1-3H2,(H,11,12)(H,14,15)/t4-,5+/m0/s1. The lowest BCUT2D eigenvalue weighted by atomic mass is 10.0. The zero-order valence-electron chi connectivity index (χ0n) is 7.79. The van der Waals surface area contributed by atoms with Crippen molar-refractivity contribution >= 4 is 18.1 Å². The summed E-state index contributed by atoms with van der Waals surface area (Å²) in [6.07, 6.45) is -0.570. The second-order valence-electron chi connectivity index (χ2n) is 3.67. The minimum absolute atomic E-state index is 0.197. The van der Waals surface area contributed by atoms with Gasteiger partial charge in [0, 0.05) is 6.54 Å². The van der Waals surface area contributed by atoms with E-state index in [1.54, 1.807) is 0 Å². The van der Waals surface area contributed by atoms with Crippen molar-refractivity contribution in [2.45, 2.75) is 24.9 Å². The molecule has 0 aromatic carbocycles. The summed E-state index contributed by atoms with van der Waals surface area (Å²) in [5, 5.41) is 17.6. The second kappa shape index (κ2) is 3.11. The van der Waals surface area contributed by atoms with Crippen molar-refractivity contribution in [3.8, 4) is 0 Å². The molecule has 3 amide bonds. The van der Waals surface area contributed by atoms with Gasteiger partial charge in [-0.3, -0.25) is 0 Å². The number of imide groups is 1. The smallest absolute Gasteiger partial charge is 0.415 e. The lowest BCUT2D eigenvalue weighted by Gasteiger charge is -2.26. The first-order valence-electron chi connectivity index (χ1n) is 4.58. The Morgan fingerprint density at radius 2 is 1.93 bits per heavy atom. The number of fused-ring (bicyclic) bond motifs is 2. The topological polar surface area (TPSA) is 98.2 Å². The molecule has 82 valence electrons. The van der Waals surface area contributed by atoms with Crippen LogP contribution in [0.1, 0.15) is 12.8 Å². The summed E-state index contributed by atoms with van der Waals surface area (Å²) in [7, 11) is 0. The van der Waals surface area contributed by atoms with E-state index in [0.29, 0.717) is 12.8 Å². The molecule has 0 aromatic heterocycles. The van der Waals surface area contributed by atoms with Crippen LogP contribution in [0.4, 0.5) is 9.59 Å². The van der Waals surface area contributed by atoms with Gasteiger partial charge in [-0.2, -0.15) is 0 Å². The van der Waals surface area contributed by atoms with E-state index < -0.39 is 24.1 Å². The number of carbonyl (C=O) groups excluding carboxylic acids is 1.